The van der Waals surface area contributed by atoms with Gasteiger partial charge >= 0.3 is 12.0 Å². The molecule has 0 aromatic carbocycles. The molecule has 3 atom stereocenters. The summed E-state index contributed by atoms with van der Waals surface area (Å²) in [6.45, 7) is 6.18. The number of amides is 2. The summed E-state index contributed by atoms with van der Waals surface area (Å²) >= 11 is 0. The molecule has 1 aliphatic heterocycles. The normalized spacial score (nSPS) is 26.6. The van der Waals surface area contributed by atoms with E-state index in [9.17, 15) is 14.7 Å². The Bertz CT molecular complexity index is 344. The average Bonchev–Trinajstić information content (AvgIpc) is 2.28. The molecule has 1 aliphatic rings. The zero-order valence-electron chi connectivity index (χ0n) is 11.8. The lowest BCUT2D eigenvalue weighted by Crippen LogP contribution is -2.53. The molecule has 1 heterocycles. The van der Waals surface area contributed by atoms with Crippen molar-refractivity contribution >= 4 is 12.0 Å². The van der Waals surface area contributed by atoms with E-state index < -0.39 is 11.6 Å². The fourth-order valence-electron chi connectivity index (χ4n) is 2.38. The number of likely N-dealkylation sites (tertiary alicyclic amines) is 1. The van der Waals surface area contributed by atoms with E-state index >= 15 is 0 Å². The molecule has 2 amide bonds. The van der Waals surface area contributed by atoms with Crippen molar-refractivity contribution in [3.05, 3.63) is 0 Å². The molecule has 0 bridgehead atoms. The minimum atomic E-state index is -1.42. The Morgan fingerprint density at radius 1 is 1.42 bits per heavy atom. The fourth-order valence-corrected chi connectivity index (χ4v) is 2.38. The Kier molecular flexibility index (Phi) is 5.17. The molecule has 0 spiro atoms. The van der Waals surface area contributed by atoms with Crippen LogP contribution in [0.15, 0.2) is 0 Å². The van der Waals surface area contributed by atoms with Crippen molar-refractivity contribution in [2.24, 2.45) is 5.92 Å². The molecule has 3 unspecified atom stereocenters. The molecule has 0 aromatic heterocycles. The summed E-state index contributed by atoms with van der Waals surface area (Å²) in [5, 5.41) is 21.1. The summed E-state index contributed by atoms with van der Waals surface area (Å²) in [6.07, 6.45) is 1.70. The minimum Gasteiger partial charge on any atom is -0.481 e. The van der Waals surface area contributed by atoms with Crippen molar-refractivity contribution in [1.29, 1.82) is 0 Å². The zero-order chi connectivity index (χ0) is 14.6. The lowest BCUT2D eigenvalue weighted by Gasteiger charge is -2.38. The number of carbonyl (C=O) groups excluding carboxylic acids is 1. The monoisotopic (exact) mass is 272 g/mol. The van der Waals surface area contributed by atoms with Crippen LogP contribution in [-0.2, 0) is 4.79 Å². The fraction of sp³-hybridized carbons (Fsp3) is 0.846. The van der Waals surface area contributed by atoms with Crippen LogP contribution in [0.4, 0.5) is 4.79 Å². The highest BCUT2D eigenvalue weighted by molar-refractivity contribution is 5.75. The van der Waals surface area contributed by atoms with Crippen molar-refractivity contribution in [1.82, 2.24) is 10.2 Å². The van der Waals surface area contributed by atoms with Gasteiger partial charge in [0.05, 0.1) is 12.0 Å². The molecule has 0 aliphatic carbocycles. The van der Waals surface area contributed by atoms with E-state index in [4.69, 9.17) is 5.11 Å². The first-order valence-corrected chi connectivity index (χ1v) is 6.71. The Morgan fingerprint density at radius 3 is 2.63 bits per heavy atom. The van der Waals surface area contributed by atoms with Gasteiger partial charge in [-0.25, -0.2) is 4.79 Å². The number of carboxylic acids is 1. The van der Waals surface area contributed by atoms with E-state index in [2.05, 4.69) is 12.2 Å². The third kappa shape index (κ3) is 4.70. The van der Waals surface area contributed by atoms with Crippen LogP contribution in [0.1, 0.15) is 40.0 Å². The number of rotatable bonds is 4. The number of aliphatic carboxylic acids is 1. The number of nitrogens with zero attached hydrogens (tertiary/aromatic N) is 1. The van der Waals surface area contributed by atoms with E-state index in [-0.39, 0.29) is 25.0 Å². The van der Waals surface area contributed by atoms with Crippen LogP contribution in [0.3, 0.4) is 0 Å². The summed E-state index contributed by atoms with van der Waals surface area (Å²) in [4.78, 5) is 24.4. The number of carboxylic acid groups (broad SMARTS) is 1. The summed E-state index contributed by atoms with van der Waals surface area (Å²) in [7, 11) is 0. The first kappa shape index (κ1) is 15.8. The van der Waals surface area contributed by atoms with Gasteiger partial charge in [0.2, 0.25) is 0 Å². The largest absolute Gasteiger partial charge is 0.481 e. The second kappa shape index (κ2) is 6.23. The van der Waals surface area contributed by atoms with Gasteiger partial charge in [-0.2, -0.15) is 0 Å². The Hall–Kier alpha value is -1.30. The molecule has 0 radical (unpaired) electrons. The molecular weight excluding hydrogens is 248 g/mol. The maximum Gasteiger partial charge on any atom is 0.317 e. The van der Waals surface area contributed by atoms with Crippen LogP contribution in [-0.4, -0.2) is 51.8 Å². The van der Waals surface area contributed by atoms with Crippen molar-refractivity contribution in [2.45, 2.75) is 51.7 Å². The van der Waals surface area contributed by atoms with Crippen LogP contribution < -0.4 is 5.32 Å². The summed E-state index contributed by atoms with van der Waals surface area (Å²) in [5.41, 5.74) is -1.42. The molecule has 19 heavy (non-hydrogen) atoms. The highest BCUT2D eigenvalue weighted by atomic mass is 16.4. The highest BCUT2D eigenvalue weighted by Crippen LogP contribution is 2.22. The van der Waals surface area contributed by atoms with Gasteiger partial charge in [0.1, 0.15) is 0 Å². The number of aliphatic hydroxyl groups is 1. The van der Waals surface area contributed by atoms with Gasteiger partial charge in [-0.15, -0.1) is 0 Å². The Labute approximate surface area is 113 Å². The van der Waals surface area contributed by atoms with Crippen molar-refractivity contribution in [3.63, 3.8) is 0 Å². The predicted octanol–water partition coefficient (Wildman–Crippen LogP) is 1.04. The second-order valence-electron chi connectivity index (χ2n) is 5.78. The minimum absolute atomic E-state index is 0.0598. The molecule has 0 saturated carbocycles. The van der Waals surface area contributed by atoms with Gasteiger partial charge in [-0.05, 0) is 32.6 Å². The topological polar surface area (TPSA) is 89.9 Å². The lowest BCUT2D eigenvalue weighted by atomic mass is 9.92. The molecule has 6 heteroatoms. The van der Waals surface area contributed by atoms with Crippen LogP contribution in [0.5, 0.6) is 0 Å². The maximum absolute atomic E-state index is 12.0. The second-order valence-corrected chi connectivity index (χ2v) is 5.78. The summed E-state index contributed by atoms with van der Waals surface area (Å²) in [6, 6.07) is -0.0668. The van der Waals surface area contributed by atoms with Crippen molar-refractivity contribution in [2.75, 3.05) is 13.1 Å². The van der Waals surface area contributed by atoms with E-state index in [1.165, 1.54) is 6.92 Å². The number of hydrogen-bond acceptors (Lipinski definition) is 3. The van der Waals surface area contributed by atoms with Crippen LogP contribution in [0.25, 0.3) is 0 Å². The highest BCUT2D eigenvalue weighted by Gasteiger charge is 2.30. The van der Waals surface area contributed by atoms with Gasteiger partial charge in [0, 0.05) is 19.1 Å². The Morgan fingerprint density at radius 2 is 2.05 bits per heavy atom. The zero-order valence-corrected chi connectivity index (χ0v) is 11.8. The first-order chi connectivity index (χ1) is 8.73. The number of urea groups is 1. The lowest BCUT2D eigenvalue weighted by molar-refractivity contribution is -0.141. The van der Waals surface area contributed by atoms with Gasteiger partial charge in [-0.1, -0.05) is 6.92 Å². The van der Waals surface area contributed by atoms with E-state index in [0.29, 0.717) is 12.5 Å². The average molecular weight is 272 g/mol. The van der Waals surface area contributed by atoms with Crippen LogP contribution in [0.2, 0.25) is 0 Å². The number of piperidine rings is 1. The van der Waals surface area contributed by atoms with E-state index in [1.54, 1.807) is 4.90 Å². The summed E-state index contributed by atoms with van der Waals surface area (Å²) < 4.78 is 0. The predicted molar refractivity (Wildman–Crippen MR) is 70.8 cm³/mol. The van der Waals surface area contributed by atoms with Gasteiger partial charge in [0.15, 0.2) is 0 Å². The third-order valence-electron chi connectivity index (χ3n) is 3.79. The quantitative estimate of drug-likeness (QED) is 0.713. The van der Waals surface area contributed by atoms with Gasteiger partial charge < -0.3 is 20.4 Å². The molecule has 6 nitrogen and oxygen atoms in total. The van der Waals surface area contributed by atoms with E-state index in [0.717, 1.165) is 12.8 Å². The third-order valence-corrected chi connectivity index (χ3v) is 3.79. The maximum atomic E-state index is 12.0. The SMILES string of the molecule is CC1CCCN(C(=O)NCC(C)(O)CC(=O)O)C1C. The molecule has 0 aromatic rings. The first-order valence-electron chi connectivity index (χ1n) is 6.71. The smallest absolute Gasteiger partial charge is 0.317 e. The molecule has 1 saturated heterocycles. The standard InChI is InChI=1S/C13H24N2O4/c1-9-5-4-6-15(10(9)2)12(18)14-8-13(3,19)7-11(16)17/h9-10,19H,4-8H2,1-3H3,(H,14,18)(H,16,17). The molecule has 1 rings (SSSR count). The molecule has 110 valence electrons. The molecule has 1 fully saturated rings. The molecular formula is C13H24N2O4. The van der Waals surface area contributed by atoms with Crippen LogP contribution in [0, 0.1) is 5.92 Å². The number of carbonyl (C=O) groups is 2. The summed E-state index contributed by atoms with van der Waals surface area (Å²) in [5.74, 6) is -0.627. The number of nitrogens with one attached hydrogen (secondary N) is 1. The van der Waals surface area contributed by atoms with E-state index in [1.807, 2.05) is 6.92 Å². The Balaban J connectivity index is 2.48. The van der Waals surface area contributed by atoms with Crippen molar-refractivity contribution in [3.8, 4) is 0 Å². The van der Waals surface area contributed by atoms with Crippen LogP contribution >= 0.6 is 0 Å². The van der Waals surface area contributed by atoms with Crippen molar-refractivity contribution < 1.29 is 19.8 Å². The van der Waals surface area contributed by atoms with Gasteiger partial charge in [-0.3, -0.25) is 4.79 Å². The molecule has 3 N–H and O–H groups in total. The number of hydrogen-bond donors (Lipinski definition) is 3. The van der Waals surface area contributed by atoms with Gasteiger partial charge in [0.25, 0.3) is 0 Å².